The highest BCUT2D eigenvalue weighted by Crippen LogP contribution is 2.10. The van der Waals surface area contributed by atoms with Gasteiger partial charge in [0.2, 0.25) is 0 Å². The van der Waals surface area contributed by atoms with E-state index in [1.807, 2.05) is 45.3 Å². The predicted molar refractivity (Wildman–Crippen MR) is 70.2 cm³/mol. The number of hydrogen-bond donors (Lipinski definition) is 1. The molecule has 0 aliphatic rings. The molecule has 0 fully saturated rings. The monoisotopic (exact) mass is 246 g/mol. The topological polar surface area (TPSA) is 55.0 Å². The van der Waals surface area contributed by atoms with Crippen LogP contribution in [0.1, 0.15) is 31.1 Å². The minimum absolute atomic E-state index is 0.333. The molecule has 0 radical (unpaired) electrons. The summed E-state index contributed by atoms with van der Waals surface area (Å²) in [5, 5.41) is 0. The SMILES string of the molecule is CC(C)(C)OC(=O)c1cccnc1.c1cc[nH]c1. The Morgan fingerprint density at radius 2 is 1.89 bits per heavy atom. The van der Waals surface area contributed by atoms with E-state index in [1.165, 1.54) is 6.20 Å². The summed E-state index contributed by atoms with van der Waals surface area (Å²) in [6, 6.07) is 7.28. The van der Waals surface area contributed by atoms with Crippen molar-refractivity contribution in [3.8, 4) is 0 Å². The van der Waals surface area contributed by atoms with Crippen LogP contribution in [0.15, 0.2) is 49.1 Å². The average molecular weight is 246 g/mol. The molecular weight excluding hydrogens is 228 g/mol. The largest absolute Gasteiger partial charge is 0.456 e. The second-order valence-electron chi connectivity index (χ2n) is 4.63. The van der Waals surface area contributed by atoms with Crippen LogP contribution >= 0.6 is 0 Å². The summed E-state index contributed by atoms with van der Waals surface area (Å²) in [5.74, 6) is -0.333. The highest BCUT2D eigenvalue weighted by molar-refractivity contribution is 5.89. The van der Waals surface area contributed by atoms with Gasteiger partial charge in [-0.25, -0.2) is 4.79 Å². The molecule has 1 N–H and O–H groups in total. The maximum Gasteiger partial charge on any atom is 0.340 e. The van der Waals surface area contributed by atoms with Gasteiger partial charge in [-0.3, -0.25) is 4.98 Å². The van der Waals surface area contributed by atoms with Crippen molar-refractivity contribution in [2.24, 2.45) is 0 Å². The first-order chi connectivity index (χ1) is 8.49. The molecule has 4 heteroatoms. The molecule has 2 aromatic heterocycles. The van der Waals surface area contributed by atoms with Crippen molar-refractivity contribution in [1.82, 2.24) is 9.97 Å². The normalized spacial score (nSPS) is 10.2. The Morgan fingerprint density at radius 1 is 1.22 bits per heavy atom. The Bertz CT molecular complexity index is 427. The van der Waals surface area contributed by atoms with E-state index in [4.69, 9.17) is 4.74 Å². The minimum atomic E-state index is -0.451. The van der Waals surface area contributed by atoms with Crippen molar-refractivity contribution in [2.45, 2.75) is 26.4 Å². The number of carbonyl (C=O) groups is 1. The first-order valence-corrected chi connectivity index (χ1v) is 5.70. The fourth-order valence-corrected chi connectivity index (χ4v) is 1.10. The number of carbonyl (C=O) groups excluding carboxylic acids is 1. The first kappa shape index (κ1) is 14.0. The van der Waals surface area contributed by atoms with Crippen LogP contribution in [0.25, 0.3) is 0 Å². The molecule has 2 aromatic rings. The standard InChI is InChI=1S/C10H13NO2.C4H5N/c1-10(2,3)13-9(12)8-5-4-6-11-7-8;1-2-4-5-3-1/h4-7H,1-3H3;1-5H. The summed E-state index contributed by atoms with van der Waals surface area (Å²) in [7, 11) is 0. The van der Waals surface area contributed by atoms with Gasteiger partial charge in [0, 0.05) is 24.8 Å². The molecule has 0 bridgehead atoms. The summed E-state index contributed by atoms with van der Waals surface area (Å²) in [6.07, 6.45) is 6.86. The predicted octanol–water partition coefficient (Wildman–Crippen LogP) is 3.05. The zero-order valence-corrected chi connectivity index (χ0v) is 10.9. The van der Waals surface area contributed by atoms with Gasteiger partial charge in [0.25, 0.3) is 0 Å². The van der Waals surface area contributed by atoms with Crippen LogP contribution in [0.3, 0.4) is 0 Å². The molecule has 0 aromatic carbocycles. The number of rotatable bonds is 1. The number of aromatic amines is 1. The lowest BCUT2D eigenvalue weighted by Crippen LogP contribution is -2.23. The highest BCUT2D eigenvalue weighted by atomic mass is 16.6. The van der Waals surface area contributed by atoms with E-state index in [0.29, 0.717) is 5.56 Å². The zero-order valence-electron chi connectivity index (χ0n) is 10.9. The first-order valence-electron chi connectivity index (χ1n) is 5.70. The van der Waals surface area contributed by atoms with Gasteiger partial charge in [0.15, 0.2) is 0 Å². The van der Waals surface area contributed by atoms with Crippen molar-refractivity contribution in [3.63, 3.8) is 0 Å². The van der Waals surface area contributed by atoms with E-state index in [9.17, 15) is 4.79 Å². The molecule has 0 atom stereocenters. The summed E-state index contributed by atoms with van der Waals surface area (Å²) in [6.45, 7) is 5.50. The van der Waals surface area contributed by atoms with Gasteiger partial charge >= 0.3 is 5.97 Å². The Balaban J connectivity index is 0.000000269. The molecule has 0 spiro atoms. The maximum atomic E-state index is 11.4. The van der Waals surface area contributed by atoms with E-state index in [-0.39, 0.29) is 5.97 Å². The van der Waals surface area contributed by atoms with Crippen molar-refractivity contribution < 1.29 is 9.53 Å². The van der Waals surface area contributed by atoms with E-state index in [1.54, 1.807) is 18.3 Å². The smallest absolute Gasteiger partial charge is 0.340 e. The van der Waals surface area contributed by atoms with Crippen molar-refractivity contribution in [1.29, 1.82) is 0 Å². The molecule has 0 saturated heterocycles. The quantitative estimate of drug-likeness (QED) is 0.787. The molecule has 0 amide bonds. The van der Waals surface area contributed by atoms with E-state index >= 15 is 0 Å². The lowest BCUT2D eigenvalue weighted by Gasteiger charge is -2.19. The van der Waals surface area contributed by atoms with Gasteiger partial charge in [0.1, 0.15) is 5.60 Å². The molecule has 0 unspecified atom stereocenters. The summed E-state index contributed by atoms with van der Waals surface area (Å²) in [5.41, 5.74) is 0.0323. The minimum Gasteiger partial charge on any atom is -0.456 e. The molecule has 18 heavy (non-hydrogen) atoms. The molecule has 4 nitrogen and oxygen atoms in total. The summed E-state index contributed by atoms with van der Waals surface area (Å²) < 4.78 is 5.14. The fourth-order valence-electron chi connectivity index (χ4n) is 1.10. The van der Waals surface area contributed by atoms with Gasteiger partial charge in [-0.05, 0) is 45.0 Å². The van der Waals surface area contributed by atoms with Crippen molar-refractivity contribution in [3.05, 3.63) is 54.6 Å². The van der Waals surface area contributed by atoms with Crippen molar-refractivity contribution >= 4 is 5.97 Å². The number of esters is 1. The average Bonchev–Trinajstić information content (AvgIpc) is 2.86. The number of aromatic nitrogens is 2. The van der Waals surface area contributed by atoms with Gasteiger partial charge < -0.3 is 9.72 Å². The molecule has 2 heterocycles. The maximum absolute atomic E-state index is 11.4. The second kappa shape index (κ2) is 6.59. The zero-order chi connectivity index (χ0) is 13.4. The number of pyridine rings is 1. The van der Waals surface area contributed by atoms with Crippen LogP contribution in [-0.4, -0.2) is 21.5 Å². The number of ether oxygens (including phenoxy) is 1. The van der Waals surface area contributed by atoms with Gasteiger partial charge in [-0.15, -0.1) is 0 Å². The van der Waals surface area contributed by atoms with Crippen molar-refractivity contribution in [2.75, 3.05) is 0 Å². The molecule has 96 valence electrons. The van der Waals surface area contributed by atoms with Crippen LogP contribution in [0.2, 0.25) is 0 Å². The van der Waals surface area contributed by atoms with E-state index in [0.717, 1.165) is 0 Å². The van der Waals surface area contributed by atoms with Gasteiger partial charge in [-0.2, -0.15) is 0 Å². The fraction of sp³-hybridized carbons (Fsp3) is 0.286. The number of nitrogens with zero attached hydrogens (tertiary/aromatic N) is 1. The Kier molecular flexibility index (Phi) is 5.11. The highest BCUT2D eigenvalue weighted by Gasteiger charge is 2.17. The third-order valence-corrected chi connectivity index (χ3v) is 1.79. The Hall–Kier alpha value is -2.10. The third kappa shape index (κ3) is 5.84. The number of nitrogens with one attached hydrogen (secondary N) is 1. The summed E-state index contributed by atoms with van der Waals surface area (Å²) >= 11 is 0. The van der Waals surface area contributed by atoms with Crippen LogP contribution in [-0.2, 0) is 4.74 Å². The number of hydrogen-bond acceptors (Lipinski definition) is 3. The Morgan fingerprint density at radius 3 is 2.28 bits per heavy atom. The Labute approximate surface area is 107 Å². The molecule has 2 rings (SSSR count). The number of H-pyrrole nitrogens is 1. The van der Waals surface area contributed by atoms with Gasteiger partial charge in [-0.1, -0.05) is 0 Å². The van der Waals surface area contributed by atoms with E-state index < -0.39 is 5.60 Å². The van der Waals surface area contributed by atoms with Crippen LogP contribution in [0.5, 0.6) is 0 Å². The molecular formula is C14H18N2O2. The second-order valence-corrected chi connectivity index (χ2v) is 4.63. The van der Waals surface area contributed by atoms with Crippen LogP contribution < -0.4 is 0 Å². The van der Waals surface area contributed by atoms with Gasteiger partial charge in [0.05, 0.1) is 5.56 Å². The summed E-state index contributed by atoms with van der Waals surface area (Å²) in [4.78, 5) is 18.1. The molecule has 0 aliphatic heterocycles. The lowest BCUT2D eigenvalue weighted by atomic mass is 10.2. The van der Waals surface area contributed by atoms with Crippen LogP contribution in [0, 0.1) is 0 Å². The van der Waals surface area contributed by atoms with Crippen LogP contribution in [0.4, 0.5) is 0 Å². The molecule has 0 aliphatic carbocycles. The lowest BCUT2D eigenvalue weighted by molar-refractivity contribution is 0.00691. The molecule has 0 saturated carbocycles. The van der Waals surface area contributed by atoms with E-state index in [2.05, 4.69) is 9.97 Å². The third-order valence-electron chi connectivity index (χ3n) is 1.79.